The first-order valence-corrected chi connectivity index (χ1v) is 6.08. The van der Waals surface area contributed by atoms with Gasteiger partial charge in [0.25, 0.3) is 0 Å². The number of anilines is 1. The van der Waals surface area contributed by atoms with Crippen molar-refractivity contribution in [2.45, 2.75) is 26.9 Å². The molecular formula is C14H19NO4. The van der Waals surface area contributed by atoms with Crippen molar-refractivity contribution in [3.05, 3.63) is 29.3 Å². The van der Waals surface area contributed by atoms with E-state index in [1.54, 1.807) is 6.07 Å². The van der Waals surface area contributed by atoms with E-state index in [1.165, 1.54) is 19.2 Å². The summed E-state index contributed by atoms with van der Waals surface area (Å²) in [5, 5.41) is 11.7. The largest absolute Gasteiger partial charge is 0.478 e. The number of carboxylic acids is 1. The van der Waals surface area contributed by atoms with E-state index in [0.717, 1.165) is 0 Å². The van der Waals surface area contributed by atoms with Crippen LogP contribution < -0.4 is 5.32 Å². The zero-order chi connectivity index (χ0) is 14.4. The minimum absolute atomic E-state index is 0.124. The maximum absolute atomic E-state index is 11.7. The molecule has 0 spiro atoms. The predicted molar refractivity (Wildman–Crippen MR) is 72.2 cm³/mol. The molecule has 0 fully saturated rings. The standard InChI is InChI=1S/C14H19NO4/c1-9(2)4-13(16)15-12-6-10(8-19-3)5-11(7-12)14(17)18/h5-7,9H,4,8H2,1-3H3,(H,15,16)(H,17,18). The number of hydrogen-bond donors (Lipinski definition) is 2. The van der Waals surface area contributed by atoms with E-state index in [-0.39, 0.29) is 17.4 Å². The number of rotatable bonds is 6. The Morgan fingerprint density at radius 1 is 1.32 bits per heavy atom. The molecule has 2 N–H and O–H groups in total. The normalized spacial score (nSPS) is 10.5. The second-order valence-corrected chi connectivity index (χ2v) is 4.80. The van der Waals surface area contributed by atoms with Gasteiger partial charge in [-0.1, -0.05) is 13.8 Å². The van der Waals surface area contributed by atoms with Crippen molar-refractivity contribution in [2.24, 2.45) is 5.92 Å². The van der Waals surface area contributed by atoms with Crippen LogP contribution in [-0.4, -0.2) is 24.1 Å². The molecule has 0 saturated heterocycles. The van der Waals surface area contributed by atoms with Gasteiger partial charge in [-0.05, 0) is 29.7 Å². The number of ether oxygens (including phenoxy) is 1. The zero-order valence-electron chi connectivity index (χ0n) is 11.4. The summed E-state index contributed by atoms with van der Waals surface area (Å²) < 4.78 is 4.98. The third-order valence-electron chi connectivity index (χ3n) is 2.43. The lowest BCUT2D eigenvalue weighted by atomic mass is 10.1. The molecule has 0 atom stereocenters. The summed E-state index contributed by atoms with van der Waals surface area (Å²) in [6.07, 6.45) is 0.400. The maximum Gasteiger partial charge on any atom is 0.335 e. The van der Waals surface area contributed by atoms with Gasteiger partial charge >= 0.3 is 5.97 Å². The van der Waals surface area contributed by atoms with Crippen LogP contribution in [0.3, 0.4) is 0 Å². The molecule has 0 heterocycles. The molecule has 0 radical (unpaired) electrons. The van der Waals surface area contributed by atoms with Crippen LogP contribution in [0.25, 0.3) is 0 Å². The van der Waals surface area contributed by atoms with E-state index in [0.29, 0.717) is 24.3 Å². The first-order chi connectivity index (χ1) is 8.92. The van der Waals surface area contributed by atoms with Crippen molar-refractivity contribution in [2.75, 3.05) is 12.4 Å². The molecule has 0 unspecified atom stereocenters. The van der Waals surface area contributed by atoms with Gasteiger partial charge in [-0.3, -0.25) is 4.79 Å². The second kappa shape index (κ2) is 6.89. The van der Waals surface area contributed by atoms with Crippen LogP contribution in [0.4, 0.5) is 5.69 Å². The van der Waals surface area contributed by atoms with Crippen molar-refractivity contribution in [1.29, 1.82) is 0 Å². The second-order valence-electron chi connectivity index (χ2n) is 4.80. The first kappa shape index (κ1) is 15.2. The van der Waals surface area contributed by atoms with Gasteiger partial charge < -0.3 is 15.2 Å². The van der Waals surface area contributed by atoms with Crippen LogP contribution >= 0.6 is 0 Å². The predicted octanol–water partition coefficient (Wildman–Crippen LogP) is 2.52. The number of amides is 1. The van der Waals surface area contributed by atoms with Gasteiger partial charge in [-0.25, -0.2) is 4.79 Å². The summed E-state index contributed by atoms with van der Waals surface area (Å²) in [6, 6.07) is 4.69. The summed E-state index contributed by atoms with van der Waals surface area (Å²) in [4.78, 5) is 22.7. The molecule has 1 amide bonds. The molecule has 0 aliphatic heterocycles. The van der Waals surface area contributed by atoms with Crippen molar-refractivity contribution in [3.63, 3.8) is 0 Å². The third-order valence-corrected chi connectivity index (χ3v) is 2.43. The lowest BCUT2D eigenvalue weighted by Gasteiger charge is -2.10. The van der Waals surface area contributed by atoms with Gasteiger partial charge in [0.2, 0.25) is 5.91 Å². The highest BCUT2D eigenvalue weighted by Crippen LogP contribution is 2.17. The number of carbonyl (C=O) groups excluding carboxylic acids is 1. The highest BCUT2D eigenvalue weighted by Gasteiger charge is 2.10. The minimum Gasteiger partial charge on any atom is -0.478 e. The van der Waals surface area contributed by atoms with Gasteiger partial charge in [0, 0.05) is 19.2 Å². The Hall–Kier alpha value is -1.88. The molecule has 5 nitrogen and oxygen atoms in total. The number of hydrogen-bond acceptors (Lipinski definition) is 3. The average Bonchev–Trinajstić information content (AvgIpc) is 2.27. The van der Waals surface area contributed by atoms with E-state index in [4.69, 9.17) is 9.84 Å². The Morgan fingerprint density at radius 3 is 2.53 bits per heavy atom. The highest BCUT2D eigenvalue weighted by atomic mass is 16.5. The van der Waals surface area contributed by atoms with Gasteiger partial charge in [-0.2, -0.15) is 0 Å². The molecule has 0 aliphatic carbocycles. The first-order valence-electron chi connectivity index (χ1n) is 6.08. The summed E-state index contributed by atoms with van der Waals surface area (Å²) in [5.41, 5.74) is 1.33. The van der Waals surface area contributed by atoms with Crippen LogP contribution in [0.5, 0.6) is 0 Å². The summed E-state index contributed by atoms with van der Waals surface area (Å²) in [6.45, 7) is 4.20. The Kier molecular flexibility index (Phi) is 5.51. The molecule has 1 aromatic rings. The fraction of sp³-hybridized carbons (Fsp3) is 0.429. The number of methoxy groups -OCH3 is 1. The highest BCUT2D eigenvalue weighted by molar-refractivity contribution is 5.94. The van der Waals surface area contributed by atoms with Crippen molar-refractivity contribution in [3.8, 4) is 0 Å². The number of nitrogens with one attached hydrogen (secondary N) is 1. The Morgan fingerprint density at radius 2 is 2.00 bits per heavy atom. The van der Waals surface area contributed by atoms with E-state index in [2.05, 4.69) is 5.32 Å². The van der Waals surface area contributed by atoms with Crippen molar-refractivity contribution < 1.29 is 19.4 Å². The molecule has 0 aliphatic rings. The topological polar surface area (TPSA) is 75.6 Å². The fourth-order valence-corrected chi connectivity index (χ4v) is 1.72. The molecule has 1 aromatic carbocycles. The van der Waals surface area contributed by atoms with Crippen LogP contribution in [0.2, 0.25) is 0 Å². The minimum atomic E-state index is -1.03. The molecule has 0 aromatic heterocycles. The van der Waals surface area contributed by atoms with Crippen molar-refractivity contribution in [1.82, 2.24) is 0 Å². The van der Waals surface area contributed by atoms with Crippen LogP contribution in [0.1, 0.15) is 36.2 Å². The molecule has 0 saturated carbocycles. The number of carboxylic acid groups (broad SMARTS) is 1. The molecule has 104 valence electrons. The van der Waals surface area contributed by atoms with Crippen LogP contribution in [-0.2, 0) is 16.1 Å². The lowest BCUT2D eigenvalue weighted by molar-refractivity contribution is -0.116. The number of aromatic carboxylic acids is 1. The Bertz CT molecular complexity index is 469. The molecule has 5 heteroatoms. The average molecular weight is 265 g/mol. The summed E-state index contributed by atoms with van der Waals surface area (Å²) in [5.74, 6) is -0.903. The van der Waals surface area contributed by atoms with E-state index < -0.39 is 5.97 Å². The smallest absolute Gasteiger partial charge is 0.335 e. The van der Waals surface area contributed by atoms with Crippen LogP contribution in [0, 0.1) is 5.92 Å². The monoisotopic (exact) mass is 265 g/mol. The van der Waals surface area contributed by atoms with Gasteiger partial charge in [0.05, 0.1) is 12.2 Å². The zero-order valence-corrected chi connectivity index (χ0v) is 11.4. The lowest BCUT2D eigenvalue weighted by Crippen LogP contribution is -2.14. The maximum atomic E-state index is 11.7. The fourth-order valence-electron chi connectivity index (χ4n) is 1.72. The van der Waals surface area contributed by atoms with E-state index >= 15 is 0 Å². The van der Waals surface area contributed by atoms with E-state index in [1.807, 2.05) is 13.8 Å². The summed E-state index contributed by atoms with van der Waals surface area (Å²) in [7, 11) is 1.53. The van der Waals surface area contributed by atoms with Gasteiger partial charge in [0.1, 0.15) is 0 Å². The van der Waals surface area contributed by atoms with Crippen molar-refractivity contribution >= 4 is 17.6 Å². The Balaban J connectivity index is 2.92. The van der Waals surface area contributed by atoms with E-state index in [9.17, 15) is 9.59 Å². The number of benzene rings is 1. The third kappa shape index (κ3) is 5.09. The molecular weight excluding hydrogens is 246 g/mol. The van der Waals surface area contributed by atoms with Gasteiger partial charge in [0.15, 0.2) is 0 Å². The molecule has 0 bridgehead atoms. The number of carbonyl (C=O) groups is 2. The van der Waals surface area contributed by atoms with Gasteiger partial charge in [-0.15, -0.1) is 0 Å². The Labute approximate surface area is 112 Å². The SMILES string of the molecule is COCc1cc(NC(=O)CC(C)C)cc(C(=O)O)c1. The molecule has 19 heavy (non-hydrogen) atoms. The molecule has 1 rings (SSSR count). The van der Waals surface area contributed by atoms with Crippen LogP contribution in [0.15, 0.2) is 18.2 Å². The quantitative estimate of drug-likeness (QED) is 0.828. The summed E-state index contributed by atoms with van der Waals surface area (Å²) >= 11 is 0.